The van der Waals surface area contributed by atoms with Gasteiger partial charge < -0.3 is 34.2 Å². The number of carbonyl (C=O) groups excluding carboxylic acids is 4. The zero-order valence-corrected chi connectivity index (χ0v) is 26.5. The molecule has 2 aromatic carbocycles. The van der Waals surface area contributed by atoms with Gasteiger partial charge >= 0.3 is 6.18 Å². The maximum atomic E-state index is 14.0. The summed E-state index contributed by atoms with van der Waals surface area (Å²) in [4.78, 5) is 55.7. The van der Waals surface area contributed by atoms with Gasteiger partial charge in [-0.25, -0.2) is 4.57 Å². The lowest BCUT2D eigenvalue weighted by molar-refractivity contribution is -0.671. The molecule has 2 atom stereocenters. The molecule has 1 N–H and O–H groups in total. The fraction of sp³-hybridized carbons (Fsp3) is 0.281. The Morgan fingerprint density at radius 3 is 2.05 bits per heavy atom. The highest BCUT2D eigenvalue weighted by Gasteiger charge is 2.45. The Bertz CT molecular complexity index is 1510. The predicted molar refractivity (Wildman–Crippen MR) is 152 cm³/mol. The van der Waals surface area contributed by atoms with Gasteiger partial charge in [-0.15, -0.1) is 0 Å². The number of Topliss-reactive ketones (excluding diaryl/α,β-unsaturated/α-hetero) is 1. The van der Waals surface area contributed by atoms with Crippen molar-refractivity contribution in [1.29, 1.82) is 0 Å². The Kier molecular flexibility index (Phi) is 11.4. The lowest BCUT2D eigenvalue weighted by Crippen LogP contribution is -3.00. The quantitative estimate of drug-likeness (QED) is 0.261. The van der Waals surface area contributed by atoms with E-state index >= 15 is 0 Å². The van der Waals surface area contributed by atoms with Gasteiger partial charge in [-0.3, -0.25) is 24.1 Å². The Hall–Kier alpha value is -4.07. The molecule has 12 heteroatoms. The van der Waals surface area contributed by atoms with Crippen LogP contribution in [0.3, 0.4) is 0 Å². The lowest BCUT2D eigenvalue weighted by Gasteiger charge is -2.41. The standard InChI is InChI=1S/C32H31F3N4O4.HI/c1-21(2)28-31(43)38(20-27(40)36-25(29(41)32(33,34)35)18-22-10-6-4-7-11-22)26(23-12-8-5-9-13-23)19-39(28)30(42)24-14-16-37(3)17-15-24;/h4-17,19,21,25,28H,18,20H2,1-3H3;1H/t25-,28+;/m1./s1. The molecule has 0 radical (unpaired) electrons. The van der Waals surface area contributed by atoms with Crippen LogP contribution in [0.25, 0.3) is 5.70 Å². The predicted octanol–water partition coefficient (Wildman–Crippen LogP) is 0.682. The van der Waals surface area contributed by atoms with Crippen LogP contribution >= 0.6 is 0 Å². The zero-order valence-electron chi connectivity index (χ0n) is 24.3. The first-order valence-corrected chi connectivity index (χ1v) is 13.7. The maximum absolute atomic E-state index is 14.0. The summed E-state index contributed by atoms with van der Waals surface area (Å²) in [5, 5.41) is 2.21. The average molecular weight is 721 g/mol. The van der Waals surface area contributed by atoms with Gasteiger partial charge in [-0.1, -0.05) is 74.5 Å². The van der Waals surface area contributed by atoms with Crippen LogP contribution in [-0.2, 0) is 27.9 Å². The Labute approximate surface area is 270 Å². The number of nitrogens with zero attached hydrogens (tertiary/aromatic N) is 3. The van der Waals surface area contributed by atoms with Gasteiger partial charge in [0, 0.05) is 24.8 Å². The van der Waals surface area contributed by atoms with Crippen LogP contribution in [0.4, 0.5) is 13.2 Å². The van der Waals surface area contributed by atoms with Crippen molar-refractivity contribution < 1.29 is 60.9 Å². The van der Waals surface area contributed by atoms with Gasteiger partial charge in [0.05, 0.1) is 11.3 Å². The highest BCUT2D eigenvalue weighted by molar-refractivity contribution is 6.04. The minimum Gasteiger partial charge on any atom is -1.00 e. The van der Waals surface area contributed by atoms with E-state index in [9.17, 15) is 32.3 Å². The fourth-order valence-electron chi connectivity index (χ4n) is 4.91. The summed E-state index contributed by atoms with van der Waals surface area (Å²) in [5.41, 5.74) is 1.50. The number of aromatic nitrogens is 1. The molecular weight excluding hydrogens is 688 g/mol. The number of amides is 3. The van der Waals surface area contributed by atoms with Gasteiger partial charge in [0.25, 0.3) is 17.6 Å². The van der Waals surface area contributed by atoms with Crippen molar-refractivity contribution >= 4 is 29.2 Å². The van der Waals surface area contributed by atoms with Crippen LogP contribution in [-0.4, -0.2) is 58.1 Å². The number of nitrogens with one attached hydrogen (secondary N) is 1. The maximum Gasteiger partial charge on any atom is 0.452 e. The van der Waals surface area contributed by atoms with E-state index in [4.69, 9.17) is 0 Å². The molecule has 232 valence electrons. The van der Waals surface area contributed by atoms with Crippen molar-refractivity contribution in [3.05, 3.63) is 108 Å². The van der Waals surface area contributed by atoms with E-state index in [0.29, 0.717) is 16.7 Å². The molecule has 0 bridgehead atoms. The number of benzene rings is 2. The summed E-state index contributed by atoms with van der Waals surface area (Å²) in [5.74, 6) is -4.44. The topological polar surface area (TPSA) is 90.7 Å². The number of carbonyl (C=O) groups is 4. The first-order valence-electron chi connectivity index (χ1n) is 13.7. The molecule has 2 heterocycles. The molecule has 0 saturated carbocycles. The smallest absolute Gasteiger partial charge is 0.452 e. The SMILES string of the molecule is CC(C)[C@H]1C(=O)N(CC(=O)N[C@H](Cc2ccccc2)C(=O)C(F)(F)F)C(c2ccccc2)=CN1C(=O)c1cc[n+](C)cc1.[I-]. The number of pyridine rings is 1. The Morgan fingerprint density at radius 1 is 0.932 bits per heavy atom. The molecule has 0 unspecified atom stereocenters. The molecule has 8 nitrogen and oxygen atoms in total. The summed E-state index contributed by atoms with van der Waals surface area (Å²) in [6.45, 7) is 2.85. The van der Waals surface area contributed by atoms with E-state index in [2.05, 4.69) is 5.32 Å². The van der Waals surface area contributed by atoms with E-state index in [1.807, 2.05) is 0 Å². The van der Waals surface area contributed by atoms with Crippen LogP contribution in [0.1, 0.15) is 35.3 Å². The van der Waals surface area contributed by atoms with Crippen LogP contribution in [0, 0.1) is 5.92 Å². The molecule has 3 aromatic rings. The summed E-state index contributed by atoms with van der Waals surface area (Å²) in [6.07, 6.45) is -0.662. The summed E-state index contributed by atoms with van der Waals surface area (Å²) < 4.78 is 42.2. The van der Waals surface area contributed by atoms with Gasteiger partial charge in [0.15, 0.2) is 12.4 Å². The summed E-state index contributed by atoms with van der Waals surface area (Å²) in [6, 6.07) is 17.0. The van der Waals surface area contributed by atoms with Crippen LogP contribution in [0.15, 0.2) is 91.4 Å². The Balaban J connectivity index is 0.00000529. The average Bonchev–Trinajstić information content (AvgIpc) is 2.97. The molecular formula is C32H32F3IN4O4. The van der Waals surface area contributed by atoms with Gasteiger partial charge in [-0.2, -0.15) is 13.2 Å². The second-order valence-electron chi connectivity index (χ2n) is 10.6. The highest BCUT2D eigenvalue weighted by Crippen LogP contribution is 2.31. The van der Waals surface area contributed by atoms with Crippen molar-refractivity contribution in [3.8, 4) is 0 Å². The number of halogens is 4. The number of aryl methyl sites for hydroxylation is 1. The van der Waals surface area contributed by atoms with E-state index < -0.39 is 48.3 Å². The summed E-state index contributed by atoms with van der Waals surface area (Å²) in [7, 11) is 1.80. The first-order chi connectivity index (χ1) is 20.4. The Morgan fingerprint density at radius 2 is 1.50 bits per heavy atom. The number of rotatable bonds is 9. The number of alkyl halides is 3. The third kappa shape index (κ3) is 8.10. The van der Waals surface area contributed by atoms with E-state index in [1.165, 1.54) is 11.1 Å². The molecule has 1 aromatic heterocycles. The highest BCUT2D eigenvalue weighted by atomic mass is 127. The third-order valence-corrected chi connectivity index (χ3v) is 7.05. The number of ketones is 1. The monoisotopic (exact) mass is 720 g/mol. The van der Waals surface area contributed by atoms with Gasteiger partial charge in [0.2, 0.25) is 5.91 Å². The van der Waals surface area contributed by atoms with Crippen molar-refractivity contribution in [2.45, 2.75) is 38.5 Å². The van der Waals surface area contributed by atoms with Gasteiger partial charge in [-0.05, 0) is 17.0 Å². The van der Waals surface area contributed by atoms with E-state index in [1.54, 1.807) is 111 Å². The minimum absolute atomic E-state index is 0. The largest absolute Gasteiger partial charge is 1.00 e. The third-order valence-electron chi connectivity index (χ3n) is 7.05. The molecule has 1 aliphatic heterocycles. The van der Waals surface area contributed by atoms with Crippen LogP contribution < -0.4 is 33.9 Å². The van der Waals surface area contributed by atoms with Crippen LogP contribution in [0.5, 0.6) is 0 Å². The van der Waals surface area contributed by atoms with Crippen molar-refractivity contribution in [2.24, 2.45) is 13.0 Å². The van der Waals surface area contributed by atoms with Crippen molar-refractivity contribution in [3.63, 3.8) is 0 Å². The lowest BCUT2D eigenvalue weighted by atomic mass is 9.96. The molecule has 3 amide bonds. The molecule has 1 aliphatic rings. The second kappa shape index (κ2) is 14.6. The molecule has 0 spiro atoms. The van der Waals surface area contributed by atoms with Crippen LogP contribution in [0.2, 0.25) is 0 Å². The van der Waals surface area contributed by atoms with E-state index in [0.717, 1.165) is 4.90 Å². The zero-order chi connectivity index (χ0) is 31.3. The number of hydrogen-bond acceptors (Lipinski definition) is 4. The molecule has 44 heavy (non-hydrogen) atoms. The van der Waals surface area contributed by atoms with E-state index in [-0.39, 0.29) is 42.0 Å². The van der Waals surface area contributed by atoms with Crippen molar-refractivity contribution in [1.82, 2.24) is 15.1 Å². The molecule has 0 aliphatic carbocycles. The molecule has 0 saturated heterocycles. The fourth-order valence-corrected chi connectivity index (χ4v) is 4.91. The van der Waals surface area contributed by atoms with Gasteiger partial charge in [0.1, 0.15) is 25.7 Å². The number of hydrogen-bond donors (Lipinski definition) is 1. The second-order valence-corrected chi connectivity index (χ2v) is 10.6. The minimum atomic E-state index is -5.18. The molecule has 4 rings (SSSR count). The summed E-state index contributed by atoms with van der Waals surface area (Å²) >= 11 is 0. The molecule has 0 fully saturated rings. The van der Waals surface area contributed by atoms with Crippen molar-refractivity contribution in [2.75, 3.05) is 6.54 Å². The normalized spacial score (nSPS) is 15.8. The first kappa shape index (κ1) is 34.4.